The highest BCUT2D eigenvalue weighted by Gasteiger charge is 2.14. The number of pyridine rings is 1. The van der Waals surface area contributed by atoms with Crippen LogP contribution < -0.4 is 5.32 Å². The molecular formula is C9H10N2O3. The van der Waals surface area contributed by atoms with E-state index in [-0.39, 0.29) is 6.04 Å². The van der Waals surface area contributed by atoms with Crippen LogP contribution in [0.2, 0.25) is 0 Å². The van der Waals surface area contributed by atoms with Crippen LogP contribution >= 0.6 is 0 Å². The molecule has 0 saturated heterocycles. The van der Waals surface area contributed by atoms with Crippen molar-refractivity contribution in [3.8, 4) is 0 Å². The van der Waals surface area contributed by atoms with Gasteiger partial charge in [0.15, 0.2) is 0 Å². The minimum absolute atomic E-state index is 0.354. The number of carbonyl (C=O) groups is 2. The largest absolute Gasteiger partial charge is 0.474 e. The number of amides is 1. The van der Waals surface area contributed by atoms with Crippen molar-refractivity contribution in [1.82, 2.24) is 10.3 Å². The lowest BCUT2D eigenvalue weighted by Gasteiger charge is -2.11. The third-order valence-corrected chi connectivity index (χ3v) is 1.73. The van der Waals surface area contributed by atoms with Crippen molar-refractivity contribution in [3.05, 3.63) is 30.1 Å². The third kappa shape index (κ3) is 2.55. The molecule has 0 radical (unpaired) electrons. The molecule has 0 bridgehead atoms. The summed E-state index contributed by atoms with van der Waals surface area (Å²) in [4.78, 5) is 24.9. The second-order valence-electron chi connectivity index (χ2n) is 2.79. The first-order chi connectivity index (χ1) is 6.61. The molecule has 5 nitrogen and oxygen atoms in total. The second kappa shape index (κ2) is 4.36. The monoisotopic (exact) mass is 194 g/mol. The van der Waals surface area contributed by atoms with E-state index >= 15 is 0 Å². The Morgan fingerprint density at radius 2 is 2.29 bits per heavy atom. The lowest BCUT2D eigenvalue weighted by Crippen LogP contribution is -2.32. The van der Waals surface area contributed by atoms with Gasteiger partial charge >= 0.3 is 11.9 Å². The Balaban J connectivity index is 2.64. The van der Waals surface area contributed by atoms with Crippen LogP contribution in [0.15, 0.2) is 24.5 Å². The molecule has 74 valence electrons. The molecule has 1 heterocycles. The number of rotatable bonds is 2. The molecule has 0 aromatic carbocycles. The number of nitrogens with zero attached hydrogens (tertiary/aromatic N) is 1. The van der Waals surface area contributed by atoms with Crippen LogP contribution in [-0.4, -0.2) is 22.0 Å². The van der Waals surface area contributed by atoms with Gasteiger partial charge in [0.05, 0.1) is 6.04 Å². The maximum atomic E-state index is 10.8. The van der Waals surface area contributed by atoms with E-state index in [1.807, 2.05) is 0 Å². The van der Waals surface area contributed by atoms with Gasteiger partial charge in [-0.2, -0.15) is 0 Å². The van der Waals surface area contributed by atoms with Crippen molar-refractivity contribution >= 4 is 11.9 Å². The summed E-state index contributed by atoms with van der Waals surface area (Å²) in [5.41, 5.74) is 0.766. The minimum Gasteiger partial charge on any atom is -0.474 e. The Kier molecular flexibility index (Phi) is 3.17. The number of aliphatic carboxylic acids is 1. The maximum Gasteiger partial charge on any atom is 0.394 e. The molecule has 0 spiro atoms. The summed E-state index contributed by atoms with van der Waals surface area (Å²) in [6, 6.07) is 3.13. The minimum atomic E-state index is -1.49. The first-order valence-corrected chi connectivity index (χ1v) is 4.05. The van der Waals surface area contributed by atoms with Gasteiger partial charge in [-0.1, -0.05) is 6.07 Å². The Morgan fingerprint density at radius 1 is 1.57 bits per heavy atom. The second-order valence-corrected chi connectivity index (χ2v) is 2.79. The van der Waals surface area contributed by atoms with Crippen LogP contribution in [0.4, 0.5) is 0 Å². The topological polar surface area (TPSA) is 79.3 Å². The maximum absolute atomic E-state index is 10.8. The number of carboxylic acid groups (broad SMARTS) is 1. The predicted octanol–water partition coefficient (Wildman–Crippen LogP) is 0.343. The van der Waals surface area contributed by atoms with Gasteiger partial charge in [-0.25, -0.2) is 4.79 Å². The molecule has 0 aliphatic carbocycles. The highest BCUT2D eigenvalue weighted by atomic mass is 16.4. The van der Waals surface area contributed by atoms with Gasteiger partial charge in [0.1, 0.15) is 0 Å². The van der Waals surface area contributed by atoms with Crippen LogP contribution in [0.25, 0.3) is 0 Å². The van der Waals surface area contributed by atoms with E-state index < -0.39 is 11.9 Å². The normalized spacial score (nSPS) is 11.8. The summed E-state index contributed by atoms with van der Waals surface area (Å²) in [6.45, 7) is 1.69. The van der Waals surface area contributed by atoms with Gasteiger partial charge in [-0.15, -0.1) is 0 Å². The van der Waals surface area contributed by atoms with Crippen molar-refractivity contribution in [2.75, 3.05) is 0 Å². The van der Waals surface area contributed by atoms with Crippen molar-refractivity contribution in [2.24, 2.45) is 0 Å². The summed E-state index contributed by atoms with van der Waals surface area (Å²) in [5, 5.41) is 10.7. The van der Waals surface area contributed by atoms with E-state index in [1.54, 1.807) is 31.5 Å². The number of nitrogens with one attached hydrogen (secondary N) is 1. The summed E-state index contributed by atoms with van der Waals surface area (Å²) in [5.74, 6) is -2.50. The fourth-order valence-corrected chi connectivity index (χ4v) is 0.974. The molecule has 0 saturated carbocycles. The molecule has 0 fully saturated rings. The van der Waals surface area contributed by atoms with Crippen molar-refractivity contribution in [2.45, 2.75) is 13.0 Å². The first-order valence-electron chi connectivity index (χ1n) is 4.05. The average Bonchev–Trinajstić information content (AvgIpc) is 2.19. The SMILES string of the molecule is C[C@@H](NC(=O)C(=O)O)c1cccnc1. The quantitative estimate of drug-likeness (QED) is 0.665. The molecule has 0 aliphatic heterocycles. The Labute approximate surface area is 80.8 Å². The summed E-state index contributed by atoms with van der Waals surface area (Å²) in [6.07, 6.45) is 3.18. The Morgan fingerprint density at radius 3 is 2.79 bits per heavy atom. The van der Waals surface area contributed by atoms with Crippen LogP contribution in [0.1, 0.15) is 18.5 Å². The van der Waals surface area contributed by atoms with E-state index in [1.165, 1.54) is 0 Å². The standard InChI is InChI=1S/C9H10N2O3/c1-6(11-8(12)9(13)14)7-3-2-4-10-5-7/h2-6H,1H3,(H,11,12)(H,13,14)/t6-/m1/s1. The van der Waals surface area contributed by atoms with E-state index in [4.69, 9.17) is 5.11 Å². The van der Waals surface area contributed by atoms with Gasteiger partial charge in [0.2, 0.25) is 0 Å². The molecule has 1 aromatic heterocycles. The molecule has 1 aromatic rings. The first kappa shape index (κ1) is 10.2. The molecule has 1 rings (SSSR count). The Hall–Kier alpha value is -1.91. The number of hydrogen-bond donors (Lipinski definition) is 2. The molecule has 0 aliphatic rings. The third-order valence-electron chi connectivity index (χ3n) is 1.73. The number of carboxylic acids is 1. The fraction of sp³-hybridized carbons (Fsp3) is 0.222. The zero-order valence-electron chi connectivity index (χ0n) is 7.60. The number of carbonyl (C=O) groups excluding carboxylic acids is 1. The van der Waals surface area contributed by atoms with Gasteiger partial charge in [-0.3, -0.25) is 9.78 Å². The van der Waals surface area contributed by atoms with Crippen LogP contribution in [0, 0.1) is 0 Å². The van der Waals surface area contributed by atoms with Crippen LogP contribution in [0.5, 0.6) is 0 Å². The zero-order valence-corrected chi connectivity index (χ0v) is 7.60. The van der Waals surface area contributed by atoms with Gasteiger partial charge in [-0.05, 0) is 18.6 Å². The van der Waals surface area contributed by atoms with Crippen LogP contribution in [0.3, 0.4) is 0 Å². The molecular weight excluding hydrogens is 184 g/mol. The summed E-state index contributed by atoms with van der Waals surface area (Å²) < 4.78 is 0. The van der Waals surface area contributed by atoms with E-state index in [9.17, 15) is 9.59 Å². The number of hydrogen-bond acceptors (Lipinski definition) is 3. The van der Waals surface area contributed by atoms with Gasteiger partial charge in [0.25, 0.3) is 0 Å². The summed E-state index contributed by atoms with van der Waals surface area (Å²) in [7, 11) is 0. The van der Waals surface area contributed by atoms with Gasteiger partial charge in [0, 0.05) is 12.4 Å². The average molecular weight is 194 g/mol. The summed E-state index contributed by atoms with van der Waals surface area (Å²) >= 11 is 0. The fourth-order valence-electron chi connectivity index (χ4n) is 0.974. The molecule has 14 heavy (non-hydrogen) atoms. The van der Waals surface area contributed by atoms with Crippen LogP contribution in [-0.2, 0) is 9.59 Å². The van der Waals surface area contributed by atoms with E-state index in [0.717, 1.165) is 5.56 Å². The molecule has 0 unspecified atom stereocenters. The van der Waals surface area contributed by atoms with Crippen molar-refractivity contribution in [1.29, 1.82) is 0 Å². The number of aromatic nitrogens is 1. The zero-order chi connectivity index (χ0) is 10.6. The highest BCUT2D eigenvalue weighted by molar-refractivity contribution is 6.31. The lowest BCUT2D eigenvalue weighted by atomic mass is 10.1. The highest BCUT2D eigenvalue weighted by Crippen LogP contribution is 2.08. The van der Waals surface area contributed by atoms with Crippen molar-refractivity contribution < 1.29 is 14.7 Å². The molecule has 5 heteroatoms. The molecule has 1 amide bonds. The predicted molar refractivity (Wildman–Crippen MR) is 48.4 cm³/mol. The smallest absolute Gasteiger partial charge is 0.394 e. The Bertz CT molecular complexity index is 337. The lowest BCUT2D eigenvalue weighted by molar-refractivity contribution is -0.150. The van der Waals surface area contributed by atoms with E-state index in [2.05, 4.69) is 10.3 Å². The van der Waals surface area contributed by atoms with Crippen molar-refractivity contribution in [3.63, 3.8) is 0 Å². The van der Waals surface area contributed by atoms with Gasteiger partial charge < -0.3 is 10.4 Å². The molecule has 1 atom stereocenters. The molecule has 2 N–H and O–H groups in total. The van der Waals surface area contributed by atoms with E-state index in [0.29, 0.717) is 0 Å².